The van der Waals surface area contributed by atoms with Gasteiger partial charge in [0.25, 0.3) is 0 Å². The van der Waals surface area contributed by atoms with Crippen molar-refractivity contribution in [3.05, 3.63) is 157 Å². The van der Waals surface area contributed by atoms with Gasteiger partial charge in [0.1, 0.15) is 0 Å². The first-order chi connectivity index (χ1) is 24.9. The molecule has 8 aromatic rings. The van der Waals surface area contributed by atoms with Crippen molar-refractivity contribution in [1.29, 1.82) is 0 Å². The second-order valence-electron chi connectivity index (χ2n) is 16.4. The van der Waals surface area contributed by atoms with Gasteiger partial charge in [-0.1, -0.05) is 135 Å². The maximum absolute atomic E-state index is 2.46. The molecule has 0 spiro atoms. The third kappa shape index (κ3) is 5.90. The van der Waals surface area contributed by atoms with Crippen LogP contribution in [0, 0.1) is 13.8 Å². The molecule has 4 heteroatoms. The van der Waals surface area contributed by atoms with Gasteiger partial charge in [0, 0.05) is 33.5 Å². The summed E-state index contributed by atoms with van der Waals surface area (Å²) < 4.78 is 0. The normalized spacial score (nSPS) is 12.2. The summed E-state index contributed by atoms with van der Waals surface area (Å²) in [6.07, 6.45) is 0. The molecule has 8 aromatic carbocycles. The summed E-state index contributed by atoms with van der Waals surface area (Å²) in [5.41, 5.74) is 9.64. The lowest BCUT2D eigenvalue weighted by Crippen LogP contribution is -2.37. The van der Waals surface area contributed by atoms with Crippen LogP contribution in [0.4, 0.5) is 34.1 Å². The van der Waals surface area contributed by atoms with Gasteiger partial charge in [-0.25, -0.2) is 0 Å². The van der Waals surface area contributed by atoms with Crippen LogP contribution < -0.4 is 20.2 Å². The second-order valence-corrected chi connectivity index (χ2v) is 26.6. The number of anilines is 6. The lowest BCUT2D eigenvalue weighted by atomic mass is 9.88. The predicted molar refractivity (Wildman–Crippen MR) is 235 cm³/mol. The molecule has 258 valence electrons. The molecule has 0 saturated heterocycles. The summed E-state index contributed by atoms with van der Waals surface area (Å²) in [5.74, 6) is 0. The fourth-order valence-corrected chi connectivity index (χ4v) is 10.2. The predicted octanol–water partition coefficient (Wildman–Crippen LogP) is 13.2. The van der Waals surface area contributed by atoms with E-state index in [9.17, 15) is 0 Å². The van der Waals surface area contributed by atoms with Crippen LogP contribution in [0.3, 0.4) is 0 Å². The molecule has 0 fully saturated rings. The van der Waals surface area contributed by atoms with Gasteiger partial charge in [-0.05, 0) is 107 Å². The van der Waals surface area contributed by atoms with Crippen molar-refractivity contribution in [2.45, 2.75) is 53.1 Å². The fourth-order valence-electron chi connectivity index (χ4n) is 7.90. The Labute approximate surface area is 311 Å². The Morgan fingerprint density at radius 2 is 0.654 bits per heavy atom. The molecule has 0 aliphatic heterocycles. The Bertz CT molecular complexity index is 2350. The van der Waals surface area contributed by atoms with Crippen molar-refractivity contribution in [3.8, 4) is 0 Å². The smallest absolute Gasteiger partial charge is 0.0775 e. The number of para-hydroxylation sites is 2. The highest BCUT2D eigenvalue weighted by Crippen LogP contribution is 2.49. The van der Waals surface area contributed by atoms with E-state index in [4.69, 9.17) is 0 Å². The van der Waals surface area contributed by atoms with Gasteiger partial charge in [0.2, 0.25) is 0 Å². The molecule has 52 heavy (non-hydrogen) atoms. The molecule has 8 rings (SSSR count). The summed E-state index contributed by atoms with van der Waals surface area (Å²) in [6.45, 7) is 19.0. The van der Waals surface area contributed by atoms with E-state index in [-0.39, 0.29) is 0 Å². The number of hydrogen-bond donors (Lipinski definition) is 0. The van der Waals surface area contributed by atoms with Crippen LogP contribution in [-0.2, 0) is 0 Å². The topological polar surface area (TPSA) is 6.48 Å². The summed E-state index contributed by atoms with van der Waals surface area (Å²) >= 11 is 0. The van der Waals surface area contributed by atoms with Crippen molar-refractivity contribution < 1.29 is 0 Å². The molecule has 0 saturated carbocycles. The first-order valence-corrected chi connectivity index (χ1v) is 25.5. The first-order valence-electron chi connectivity index (χ1n) is 18.5. The molecular formula is C48H48N2Si2. The van der Waals surface area contributed by atoms with E-state index in [0.717, 1.165) is 11.4 Å². The highest BCUT2D eigenvalue weighted by atomic mass is 28.3. The Morgan fingerprint density at radius 3 is 0.981 bits per heavy atom. The van der Waals surface area contributed by atoms with E-state index in [1.165, 1.54) is 76.6 Å². The van der Waals surface area contributed by atoms with Crippen LogP contribution in [0.15, 0.2) is 146 Å². The molecule has 0 aliphatic rings. The number of rotatable bonds is 8. The summed E-state index contributed by atoms with van der Waals surface area (Å²) in [5, 5.41) is 10.7. The van der Waals surface area contributed by atoms with E-state index < -0.39 is 16.1 Å². The zero-order chi connectivity index (χ0) is 36.4. The van der Waals surface area contributed by atoms with Crippen molar-refractivity contribution >= 4 is 93.0 Å². The van der Waals surface area contributed by atoms with Gasteiger partial charge >= 0.3 is 0 Å². The highest BCUT2D eigenvalue weighted by molar-refractivity contribution is 6.89. The minimum atomic E-state index is -1.45. The quantitative estimate of drug-likeness (QED) is 0.115. The molecule has 0 unspecified atom stereocenters. The fraction of sp³-hybridized carbons (Fsp3) is 0.167. The summed E-state index contributed by atoms with van der Waals surface area (Å²) in [7, 11) is -2.90. The standard InChI is InChI=1S/C48H48N2Si2/c1-33-31-45(49(35-15-11-9-12-16-35)37-19-23-39(24-20-37)51(3,4)5)43-30-28-42-34(2)32-46(44-29-27-41(33)47(43)48(42)44)50(36-17-13-10-14-18-36)38-21-25-40(26-22-38)52(6,7)8/h9-32H,1-8H3. The lowest BCUT2D eigenvalue weighted by molar-refractivity contribution is 1.29. The average Bonchev–Trinajstić information content (AvgIpc) is 3.13. The minimum absolute atomic E-state index is 1.16. The Balaban J connectivity index is 1.41. The van der Waals surface area contributed by atoms with Crippen molar-refractivity contribution in [2.24, 2.45) is 0 Å². The highest BCUT2D eigenvalue weighted by Gasteiger charge is 2.25. The lowest BCUT2D eigenvalue weighted by Gasteiger charge is -2.31. The Kier molecular flexibility index (Phi) is 8.36. The zero-order valence-corrected chi connectivity index (χ0v) is 33.8. The van der Waals surface area contributed by atoms with Crippen molar-refractivity contribution in [1.82, 2.24) is 0 Å². The van der Waals surface area contributed by atoms with Crippen LogP contribution in [0.25, 0.3) is 32.3 Å². The van der Waals surface area contributed by atoms with Gasteiger partial charge in [-0.2, -0.15) is 0 Å². The molecule has 0 atom stereocenters. The monoisotopic (exact) mass is 708 g/mol. The maximum Gasteiger partial charge on any atom is 0.0775 e. The molecule has 0 radical (unpaired) electrons. The molecular weight excluding hydrogens is 661 g/mol. The number of hydrogen-bond acceptors (Lipinski definition) is 2. The SMILES string of the molecule is Cc1cc(N(c2ccccc2)c2ccc([Si](C)(C)C)cc2)c2ccc3c(C)cc(N(c4ccccc4)c4ccc([Si](C)(C)C)cc4)c4ccc1c2c34. The van der Waals surface area contributed by atoms with Crippen LogP contribution in [0.1, 0.15) is 11.1 Å². The number of aryl methyl sites for hydroxylation is 2. The summed E-state index contributed by atoms with van der Waals surface area (Å²) in [6, 6.07) is 54.6. The van der Waals surface area contributed by atoms with Gasteiger partial charge in [0.15, 0.2) is 0 Å². The van der Waals surface area contributed by atoms with Gasteiger partial charge in [-0.3, -0.25) is 0 Å². The van der Waals surface area contributed by atoms with Crippen molar-refractivity contribution in [3.63, 3.8) is 0 Å². The average molecular weight is 709 g/mol. The van der Waals surface area contributed by atoms with Gasteiger partial charge in [-0.15, -0.1) is 0 Å². The van der Waals surface area contributed by atoms with E-state index >= 15 is 0 Å². The molecule has 0 heterocycles. The van der Waals surface area contributed by atoms with E-state index in [1.807, 2.05) is 0 Å². The Hall–Kier alpha value is -5.17. The zero-order valence-electron chi connectivity index (χ0n) is 31.8. The minimum Gasteiger partial charge on any atom is -0.310 e. The molecule has 0 amide bonds. The second kappa shape index (κ2) is 12.8. The van der Waals surface area contributed by atoms with Crippen LogP contribution >= 0.6 is 0 Å². The Morgan fingerprint density at radius 1 is 0.346 bits per heavy atom. The van der Waals surface area contributed by atoms with Gasteiger partial charge < -0.3 is 9.80 Å². The third-order valence-corrected chi connectivity index (χ3v) is 14.9. The number of benzene rings is 8. The van der Waals surface area contributed by atoms with Crippen molar-refractivity contribution in [2.75, 3.05) is 9.80 Å². The van der Waals surface area contributed by atoms with E-state index in [2.05, 4.69) is 209 Å². The van der Waals surface area contributed by atoms with Gasteiger partial charge in [0.05, 0.1) is 27.5 Å². The van der Waals surface area contributed by atoms with E-state index in [1.54, 1.807) is 0 Å². The molecule has 0 N–H and O–H groups in total. The van der Waals surface area contributed by atoms with Crippen LogP contribution in [0.2, 0.25) is 39.3 Å². The molecule has 2 nitrogen and oxygen atoms in total. The van der Waals surface area contributed by atoms with Crippen LogP contribution in [-0.4, -0.2) is 16.1 Å². The molecule has 0 aliphatic carbocycles. The molecule has 0 bridgehead atoms. The number of nitrogens with zero attached hydrogens (tertiary/aromatic N) is 2. The first kappa shape index (κ1) is 33.9. The largest absolute Gasteiger partial charge is 0.310 e. The van der Waals surface area contributed by atoms with Crippen LogP contribution in [0.5, 0.6) is 0 Å². The summed E-state index contributed by atoms with van der Waals surface area (Å²) in [4.78, 5) is 4.91. The molecule has 0 aromatic heterocycles. The maximum atomic E-state index is 2.46. The third-order valence-electron chi connectivity index (χ3n) is 10.8. The van der Waals surface area contributed by atoms with E-state index in [0.29, 0.717) is 0 Å².